The van der Waals surface area contributed by atoms with Gasteiger partial charge in [0.05, 0.1) is 12.5 Å². The van der Waals surface area contributed by atoms with Gasteiger partial charge < -0.3 is 14.8 Å². The highest BCUT2D eigenvalue weighted by Crippen LogP contribution is 2.16. The lowest BCUT2D eigenvalue weighted by Crippen LogP contribution is -2.22. The fourth-order valence-corrected chi connectivity index (χ4v) is 1.47. The summed E-state index contributed by atoms with van der Waals surface area (Å²) in [5, 5.41) is 12.1. The lowest BCUT2D eigenvalue weighted by atomic mass is 10.1. The SMILES string of the molecule is Cc1cc(C(=O)NCc2ccoc2)ccc1O. The van der Waals surface area contributed by atoms with Crippen LogP contribution >= 0.6 is 0 Å². The molecule has 0 saturated heterocycles. The third kappa shape index (κ3) is 2.66. The molecule has 4 nitrogen and oxygen atoms in total. The average molecular weight is 231 g/mol. The molecule has 1 aromatic carbocycles. The van der Waals surface area contributed by atoms with Gasteiger partial charge in [-0.15, -0.1) is 0 Å². The molecule has 0 saturated carbocycles. The van der Waals surface area contributed by atoms with Crippen LogP contribution in [0.15, 0.2) is 41.2 Å². The second-order valence-corrected chi connectivity index (χ2v) is 3.82. The summed E-state index contributed by atoms with van der Waals surface area (Å²) in [6.07, 6.45) is 3.15. The van der Waals surface area contributed by atoms with Crippen molar-refractivity contribution in [3.63, 3.8) is 0 Å². The van der Waals surface area contributed by atoms with E-state index in [2.05, 4.69) is 5.32 Å². The molecule has 17 heavy (non-hydrogen) atoms. The van der Waals surface area contributed by atoms with Crippen LogP contribution in [0, 0.1) is 6.92 Å². The average Bonchev–Trinajstić information content (AvgIpc) is 2.82. The van der Waals surface area contributed by atoms with Gasteiger partial charge in [-0.05, 0) is 36.8 Å². The van der Waals surface area contributed by atoms with Crippen molar-refractivity contribution in [3.8, 4) is 5.75 Å². The first kappa shape index (κ1) is 11.3. The van der Waals surface area contributed by atoms with E-state index >= 15 is 0 Å². The van der Waals surface area contributed by atoms with E-state index in [-0.39, 0.29) is 11.7 Å². The van der Waals surface area contributed by atoms with Gasteiger partial charge in [0.1, 0.15) is 5.75 Å². The molecule has 1 heterocycles. The van der Waals surface area contributed by atoms with Crippen molar-refractivity contribution in [2.24, 2.45) is 0 Å². The topological polar surface area (TPSA) is 62.5 Å². The molecule has 0 radical (unpaired) electrons. The van der Waals surface area contributed by atoms with E-state index in [0.717, 1.165) is 5.56 Å². The van der Waals surface area contributed by atoms with Crippen LogP contribution in [0.4, 0.5) is 0 Å². The number of phenols is 1. The number of hydrogen-bond donors (Lipinski definition) is 2. The van der Waals surface area contributed by atoms with Gasteiger partial charge in [-0.3, -0.25) is 4.79 Å². The molecule has 0 atom stereocenters. The summed E-state index contributed by atoms with van der Waals surface area (Å²) >= 11 is 0. The van der Waals surface area contributed by atoms with E-state index < -0.39 is 0 Å². The summed E-state index contributed by atoms with van der Waals surface area (Å²) in [5.74, 6) is 0.0192. The number of amides is 1. The van der Waals surface area contributed by atoms with E-state index in [4.69, 9.17) is 4.42 Å². The van der Waals surface area contributed by atoms with E-state index in [9.17, 15) is 9.90 Å². The smallest absolute Gasteiger partial charge is 0.251 e. The van der Waals surface area contributed by atoms with Gasteiger partial charge in [-0.25, -0.2) is 0 Å². The first-order valence-electron chi connectivity index (χ1n) is 5.25. The molecule has 0 fully saturated rings. The fraction of sp³-hybridized carbons (Fsp3) is 0.154. The molecule has 0 aliphatic rings. The first-order valence-corrected chi connectivity index (χ1v) is 5.25. The molecular formula is C13H13NO3. The molecule has 88 valence electrons. The summed E-state index contributed by atoms with van der Waals surface area (Å²) in [5.41, 5.74) is 2.12. The van der Waals surface area contributed by atoms with Crippen molar-refractivity contribution in [2.45, 2.75) is 13.5 Å². The monoisotopic (exact) mass is 231 g/mol. The number of carbonyl (C=O) groups excluding carboxylic acids is 1. The predicted octanol–water partition coefficient (Wildman–Crippen LogP) is 2.22. The van der Waals surface area contributed by atoms with Crippen LogP contribution in [0.5, 0.6) is 5.75 Å². The zero-order valence-corrected chi connectivity index (χ0v) is 9.43. The van der Waals surface area contributed by atoms with Gasteiger partial charge in [-0.2, -0.15) is 0 Å². The molecule has 2 rings (SSSR count). The number of aromatic hydroxyl groups is 1. The number of phenolic OH excluding ortho intramolecular Hbond substituents is 1. The van der Waals surface area contributed by atoms with E-state index in [1.165, 1.54) is 6.07 Å². The molecule has 2 N–H and O–H groups in total. The third-order valence-electron chi connectivity index (χ3n) is 2.49. The first-order chi connectivity index (χ1) is 8.16. The van der Waals surface area contributed by atoms with E-state index in [1.807, 2.05) is 0 Å². The number of rotatable bonds is 3. The molecule has 0 unspecified atom stereocenters. The summed E-state index contributed by atoms with van der Waals surface area (Å²) in [6, 6.07) is 6.55. The van der Waals surface area contributed by atoms with Crippen LogP contribution in [0.25, 0.3) is 0 Å². The minimum absolute atomic E-state index is 0.172. The van der Waals surface area contributed by atoms with Gasteiger partial charge in [0, 0.05) is 17.7 Å². The lowest BCUT2D eigenvalue weighted by Gasteiger charge is -2.05. The summed E-state index contributed by atoms with van der Waals surface area (Å²) < 4.78 is 4.90. The van der Waals surface area contributed by atoms with Crippen molar-refractivity contribution >= 4 is 5.91 Å². The Morgan fingerprint density at radius 2 is 2.24 bits per heavy atom. The van der Waals surface area contributed by atoms with E-state index in [1.54, 1.807) is 37.6 Å². The van der Waals surface area contributed by atoms with Crippen LogP contribution in [0.3, 0.4) is 0 Å². The number of aryl methyl sites for hydroxylation is 1. The molecular weight excluding hydrogens is 218 g/mol. The Balaban J connectivity index is 2.02. The van der Waals surface area contributed by atoms with Gasteiger partial charge in [0.25, 0.3) is 5.91 Å². The Morgan fingerprint density at radius 1 is 1.41 bits per heavy atom. The van der Waals surface area contributed by atoms with Gasteiger partial charge in [0.15, 0.2) is 0 Å². The van der Waals surface area contributed by atoms with Gasteiger partial charge in [0.2, 0.25) is 0 Å². The fourth-order valence-electron chi connectivity index (χ4n) is 1.47. The van der Waals surface area contributed by atoms with Crippen molar-refractivity contribution in [3.05, 3.63) is 53.5 Å². The van der Waals surface area contributed by atoms with Crippen molar-refractivity contribution < 1.29 is 14.3 Å². The predicted molar refractivity (Wildman–Crippen MR) is 62.7 cm³/mol. The quantitative estimate of drug-likeness (QED) is 0.851. The maximum Gasteiger partial charge on any atom is 0.251 e. The van der Waals surface area contributed by atoms with Crippen molar-refractivity contribution in [2.75, 3.05) is 0 Å². The minimum atomic E-state index is -0.172. The maximum atomic E-state index is 11.8. The Morgan fingerprint density at radius 3 is 2.88 bits per heavy atom. The third-order valence-corrected chi connectivity index (χ3v) is 2.49. The molecule has 0 spiro atoms. The van der Waals surface area contributed by atoms with Crippen LogP contribution in [-0.4, -0.2) is 11.0 Å². The summed E-state index contributed by atoms with van der Waals surface area (Å²) in [7, 11) is 0. The normalized spacial score (nSPS) is 10.2. The number of carbonyl (C=O) groups is 1. The Bertz CT molecular complexity index is 517. The van der Waals surface area contributed by atoms with Crippen LogP contribution in [-0.2, 0) is 6.54 Å². The highest BCUT2D eigenvalue weighted by atomic mass is 16.3. The molecule has 2 aromatic rings. The van der Waals surface area contributed by atoms with Crippen molar-refractivity contribution in [1.29, 1.82) is 0 Å². The van der Waals surface area contributed by atoms with Crippen LogP contribution in [0.2, 0.25) is 0 Å². The second kappa shape index (κ2) is 4.74. The molecule has 0 aliphatic heterocycles. The number of nitrogens with one attached hydrogen (secondary N) is 1. The molecule has 1 aromatic heterocycles. The Labute approximate surface area is 98.9 Å². The molecule has 1 amide bonds. The zero-order valence-electron chi connectivity index (χ0n) is 9.43. The highest BCUT2D eigenvalue weighted by molar-refractivity contribution is 5.94. The summed E-state index contributed by atoms with van der Waals surface area (Å²) in [4.78, 5) is 11.8. The standard InChI is InChI=1S/C13H13NO3/c1-9-6-11(2-3-12(9)15)13(16)14-7-10-4-5-17-8-10/h2-6,8,15H,7H2,1H3,(H,14,16). The highest BCUT2D eigenvalue weighted by Gasteiger charge is 2.07. The Kier molecular flexibility index (Phi) is 3.14. The number of hydrogen-bond acceptors (Lipinski definition) is 3. The van der Waals surface area contributed by atoms with Gasteiger partial charge >= 0.3 is 0 Å². The van der Waals surface area contributed by atoms with Gasteiger partial charge in [-0.1, -0.05) is 0 Å². The summed E-state index contributed by atoms with van der Waals surface area (Å²) in [6.45, 7) is 2.18. The minimum Gasteiger partial charge on any atom is -0.508 e. The lowest BCUT2D eigenvalue weighted by molar-refractivity contribution is 0.0951. The van der Waals surface area contributed by atoms with E-state index in [0.29, 0.717) is 17.7 Å². The Hall–Kier alpha value is -2.23. The maximum absolute atomic E-state index is 11.8. The van der Waals surface area contributed by atoms with Crippen molar-refractivity contribution in [1.82, 2.24) is 5.32 Å². The van der Waals surface area contributed by atoms with Crippen LogP contribution < -0.4 is 5.32 Å². The number of furan rings is 1. The molecule has 4 heteroatoms. The largest absolute Gasteiger partial charge is 0.508 e. The van der Waals surface area contributed by atoms with Crippen LogP contribution in [0.1, 0.15) is 21.5 Å². The molecule has 0 bridgehead atoms. The zero-order chi connectivity index (χ0) is 12.3. The second-order valence-electron chi connectivity index (χ2n) is 3.82. The number of benzene rings is 1. The molecule has 0 aliphatic carbocycles.